The van der Waals surface area contributed by atoms with E-state index in [9.17, 15) is 18.5 Å². The standard InChI is InChI=1S/C14H18N4O3S/c1-17-14(19)10-3-2-6-18(9-10)13-5-4-12(22(16,20)21)7-11(13)8-15/h4-5,7,10H,2-3,6,9H2,1H3,(H,17,19)(H2,16,20,21). The van der Waals surface area contributed by atoms with Crippen molar-refractivity contribution in [2.24, 2.45) is 11.1 Å². The fraction of sp³-hybridized carbons (Fsp3) is 0.429. The molecule has 0 saturated carbocycles. The zero-order valence-electron chi connectivity index (χ0n) is 12.2. The maximum absolute atomic E-state index is 11.8. The first-order valence-electron chi connectivity index (χ1n) is 6.90. The number of carbonyl (C=O) groups is 1. The van der Waals surface area contributed by atoms with Crippen LogP contribution in [0.25, 0.3) is 0 Å². The molecule has 22 heavy (non-hydrogen) atoms. The van der Waals surface area contributed by atoms with Gasteiger partial charge in [-0.2, -0.15) is 5.26 Å². The normalized spacial score (nSPS) is 18.6. The lowest BCUT2D eigenvalue weighted by Gasteiger charge is -2.34. The zero-order chi connectivity index (χ0) is 16.3. The van der Waals surface area contributed by atoms with Crippen LogP contribution in [0.5, 0.6) is 0 Å². The second-order valence-electron chi connectivity index (χ2n) is 5.24. The third-order valence-electron chi connectivity index (χ3n) is 3.80. The predicted molar refractivity (Wildman–Crippen MR) is 81.5 cm³/mol. The number of nitriles is 1. The lowest BCUT2D eigenvalue weighted by Crippen LogP contribution is -2.42. The fourth-order valence-electron chi connectivity index (χ4n) is 2.67. The van der Waals surface area contributed by atoms with Gasteiger partial charge in [0.25, 0.3) is 0 Å². The van der Waals surface area contributed by atoms with Crippen molar-refractivity contribution in [3.63, 3.8) is 0 Å². The third kappa shape index (κ3) is 3.37. The molecular weight excluding hydrogens is 304 g/mol. The third-order valence-corrected chi connectivity index (χ3v) is 4.71. The molecule has 1 amide bonds. The minimum atomic E-state index is -3.84. The zero-order valence-corrected chi connectivity index (χ0v) is 13.1. The summed E-state index contributed by atoms with van der Waals surface area (Å²) in [4.78, 5) is 13.6. The summed E-state index contributed by atoms with van der Waals surface area (Å²) in [5, 5.41) is 17.0. The molecule has 0 bridgehead atoms. The number of amides is 1. The summed E-state index contributed by atoms with van der Waals surface area (Å²) >= 11 is 0. The van der Waals surface area contributed by atoms with E-state index in [1.165, 1.54) is 12.1 Å². The number of hydrogen-bond donors (Lipinski definition) is 2. The molecule has 1 saturated heterocycles. The predicted octanol–water partition coefficient (Wildman–Crippen LogP) is 0.168. The molecule has 1 heterocycles. The molecule has 2 rings (SSSR count). The molecule has 8 heteroatoms. The van der Waals surface area contributed by atoms with Gasteiger partial charge in [-0.1, -0.05) is 0 Å². The van der Waals surface area contributed by atoms with E-state index in [2.05, 4.69) is 5.32 Å². The van der Waals surface area contributed by atoms with Gasteiger partial charge < -0.3 is 10.2 Å². The summed E-state index contributed by atoms with van der Waals surface area (Å²) in [5.41, 5.74) is 0.868. The lowest BCUT2D eigenvalue weighted by atomic mass is 9.96. The summed E-state index contributed by atoms with van der Waals surface area (Å²) < 4.78 is 22.7. The smallest absolute Gasteiger partial charge is 0.238 e. The Morgan fingerprint density at radius 1 is 1.50 bits per heavy atom. The van der Waals surface area contributed by atoms with Crippen molar-refractivity contribution in [2.45, 2.75) is 17.7 Å². The van der Waals surface area contributed by atoms with Crippen LogP contribution >= 0.6 is 0 Å². The van der Waals surface area contributed by atoms with Crippen LogP contribution < -0.4 is 15.4 Å². The highest BCUT2D eigenvalue weighted by Crippen LogP contribution is 2.28. The Labute approximate surface area is 129 Å². The number of benzene rings is 1. The summed E-state index contributed by atoms with van der Waals surface area (Å²) in [6, 6.07) is 6.23. The van der Waals surface area contributed by atoms with Crippen molar-refractivity contribution in [1.82, 2.24) is 5.32 Å². The van der Waals surface area contributed by atoms with Gasteiger partial charge in [-0.25, -0.2) is 13.6 Å². The summed E-state index contributed by atoms with van der Waals surface area (Å²) in [6.45, 7) is 1.22. The SMILES string of the molecule is CNC(=O)C1CCCN(c2ccc(S(N)(=O)=O)cc2C#N)C1. The van der Waals surface area contributed by atoms with Crippen molar-refractivity contribution < 1.29 is 13.2 Å². The van der Waals surface area contributed by atoms with E-state index >= 15 is 0 Å². The van der Waals surface area contributed by atoms with Crippen molar-refractivity contribution in [3.05, 3.63) is 23.8 Å². The number of nitrogens with zero attached hydrogens (tertiary/aromatic N) is 2. The molecule has 1 aliphatic rings. The molecule has 1 aromatic carbocycles. The number of rotatable bonds is 3. The lowest BCUT2D eigenvalue weighted by molar-refractivity contribution is -0.124. The summed E-state index contributed by atoms with van der Waals surface area (Å²) in [7, 11) is -2.24. The van der Waals surface area contributed by atoms with Crippen LogP contribution in [0.1, 0.15) is 18.4 Å². The van der Waals surface area contributed by atoms with Crippen LogP contribution in [-0.2, 0) is 14.8 Å². The van der Waals surface area contributed by atoms with E-state index in [4.69, 9.17) is 5.14 Å². The highest BCUT2D eigenvalue weighted by molar-refractivity contribution is 7.89. The number of hydrogen-bond acceptors (Lipinski definition) is 5. The second-order valence-corrected chi connectivity index (χ2v) is 6.80. The first-order chi connectivity index (χ1) is 10.4. The molecular formula is C14H18N4O3S. The Hall–Kier alpha value is -2.11. The van der Waals surface area contributed by atoms with Gasteiger partial charge in [0.05, 0.1) is 22.1 Å². The maximum atomic E-state index is 11.8. The van der Waals surface area contributed by atoms with Gasteiger partial charge in [0, 0.05) is 20.1 Å². The Kier molecular flexibility index (Phi) is 4.68. The van der Waals surface area contributed by atoms with Crippen LogP contribution in [0, 0.1) is 17.2 Å². The number of nitrogens with one attached hydrogen (secondary N) is 1. The van der Waals surface area contributed by atoms with Crippen LogP contribution in [0.15, 0.2) is 23.1 Å². The molecule has 1 aliphatic heterocycles. The second kappa shape index (κ2) is 6.34. The molecule has 1 fully saturated rings. The number of anilines is 1. The molecule has 1 aromatic rings. The quantitative estimate of drug-likeness (QED) is 0.822. The van der Waals surface area contributed by atoms with Crippen molar-refractivity contribution >= 4 is 21.6 Å². The first kappa shape index (κ1) is 16.3. The molecule has 118 valence electrons. The van der Waals surface area contributed by atoms with E-state index in [1.54, 1.807) is 13.1 Å². The topological polar surface area (TPSA) is 116 Å². The van der Waals surface area contributed by atoms with Crippen LogP contribution in [0.3, 0.4) is 0 Å². The highest BCUT2D eigenvalue weighted by Gasteiger charge is 2.26. The number of sulfonamides is 1. The van der Waals surface area contributed by atoms with Gasteiger partial charge >= 0.3 is 0 Å². The molecule has 7 nitrogen and oxygen atoms in total. The summed E-state index contributed by atoms with van der Waals surface area (Å²) in [5.74, 6) is -0.160. The van der Waals surface area contributed by atoms with Crippen molar-refractivity contribution in [2.75, 3.05) is 25.0 Å². The van der Waals surface area contributed by atoms with Gasteiger partial charge in [-0.15, -0.1) is 0 Å². The van der Waals surface area contributed by atoms with Gasteiger partial charge in [0.2, 0.25) is 15.9 Å². The molecule has 0 radical (unpaired) electrons. The first-order valence-corrected chi connectivity index (χ1v) is 8.45. The van der Waals surface area contributed by atoms with E-state index in [1.807, 2.05) is 11.0 Å². The average Bonchev–Trinajstić information content (AvgIpc) is 2.52. The van der Waals surface area contributed by atoms with E-state index in [0.717, 1.165) is 19.4 Å². The van der Waals surface area contributed by atoms with Crippen LogP contribution in [-0.4, -0.2) is 34.5 Å². The van der Waals surface area contributed by atoms with Gasteiger partial charge in [-0.05, 0) is 31.0 Å². The van der Waals surface area contributed by atoms with Crippen LogP contribution in [0.4, 0.5) is 5.69 Å². The number of primary sulfonamides is 1. The molecule has 3 N–H and O–H groups in total. The van der Waals surface area contributed by atoms with Gasteiger partial charge in [-0.3, -0.25) is 4.79 Å². The van der Waals surface area contributed by atoms with E-state index in [-0.39, 0.29) is 22.3 Å². The molecule has 0 spiro atoms. The van der Waals surface area contributed by atoms with Crippen molar-refractivity contribution in [1.29, 1.82) is 5.26 Å². The number of piperidine rings is 1. The minimum absolute atomic E-state index is 0.0237. The number of carbonyl (C=O) groups excluding carboxylic acids is 1. The highest BCUT2D eigenvalue weighted by atomic mass is 32.2. The molecule has 0 aliphatic carbocycles. The van der Waals surface area contributed by atoms with Gasteiger partial charge in [0.15, 0.2) is 0 Å². The Morgan fingerprint density at radius 3 is 2.82 bits per heavy atom. The summed E-state index contributed by atoms with van der Waals surface area (Å²) in [6.07, 6.45) is 1.63. The molecule has 0 aromatic heterocycles. The average molecular weight is 322 g/mol. The Balaban J connectivity index is 2.32. The van der Waals surface area contributed by atoms with E-state index in [0.29, 0.717) is 12.2 Å². The molecule has 1 atom stereocenters. The Morgan fingerprint density at radius 2 is 2.23 bits per heavy atom. The fourth-order valence-corrected chi connectivity index (χ4v) is 3.21. The number of nitrogens with two attached hydrogens (primary N) is 1. The van der Waals surface area contributed by atoms with Crippen molar-refractivity contribution in [3.8, 4) is 6.07 Å². The maximum Gasteiger partial charge on any atom is 0.238 e. The van der Waals surface area contributed by atoms with Gasteiger partial charge in [0.1, 0.15) is 6.07 Å². The largest absolute Gasteiger partial charge is 0.370 e. The minimum Gasteiger partial charge on any atom is -0.370 e. The van der Waals surface area contributed by atoms with Crippen LogP contribution in [0.2, 0.25) is 0 Å². The van der Waals surface area contributed by atoms with E-state index < -0.39 is 10.0 Å². The Bertz CT molecular complexity index is 724. The monoisotopic (exact) mass is 322 g/mol. The molecule has 1 unspecified atom stereocenters.